The van der Waals surface area contributed by atoms with Gasteiger partial charge in [-0.1, -0.05) is 13.8 Å². The van der Waals surface area contributed by atoms with Crippen LogP contribution in [0.4, 0.5) is 11.7 Å². The topological polar surface area (TPSA) is 90.4 Å². The van der Waals surface area contributed by atoms with Crippen molar-refractivity contribution in [3.8, 4) is 0 Å². The van der Waals surface area contributed by atoms with E-state index in [0.29, 0.717) is 29.6 Å². The number of nitro benzene ring substituents is 1. The molecule has 1 unspecified atom stereocenters. The number of ether oxygens (including phenoxy) is 1. The molecule has 2 rings (SSSR count). The Balaban J connectivity index is 2.24. The molecule has 0 radical (unpaired) electrons. The minimum atomic E-state index is -0.455. The number of hydrogen-bond donors (Lipinski definition) is 1. The van der Waals surface area contributed by atoms with Gasteiger partial charge in [0.1, 0.15) is 5.52 Å². The highest BCUT2D eigenvalue weighted by molar-refractivity contribution is 5.77. The fraction of sp³-hybridized carbons (Fsp3) is 0.462. The van der Waals surface area contributed by atoms with Crippen molar-refractivity contribution < 1.29 is 14.1 Å². The molecule has 0 fully saturated rings. The maximum atomic E-state index is 10.7. The van der Waals surface area contributed by atoms with E-state index in [-0.39, 0.29) is 11.7 Å². The first-order chi connectivity index (χ1) is 9.51. The molecule has 0 aliphatic carbocycles. The van der Waals surface area contributed by atoms with Crippen molar-refractivity contribution in [1.29, 1.82) is 0 Å². The van der Waals surface area contributed by atoms with Gasteiger partial charge < -0.3 is 14.5 Å². The van der Waals surface area contributed by atoms with Gasteiger partial charge in [-0.05, 0) is 12.0 Å². The van der Waals surface area contributed by atoms with E-state index in [9.17, 15) is 10.1 Å². The molecule has 0 spiro atoms. The van der Waals surface area contributed by atoms with Gasteiger partial charge in [0.25, 0.3) is 11.7 Å². The number of benzene rings is 1. The maximum absolute atomic E-state index is 10.7. The van der Waals surface area contributed by atoms with E-state index in [2.05, 4.69) is 24.1 Å². The molecule has 108 valence electrons. The monoisotopic (exact) mass is 279 g/mol. The van der Waals surface area contributed by atoms with Crippen molar-refractivity contribution >= 4 is 22.8 Å². The van der Waals surface area contributed by atoms with Crippen LogP contribution in [-0.4, -0.2) is 29.7 Å². The van der Waals surface area contributed by atoms with Crippen LogP contribution < -0.4 is 5.32 Å². The number of nitrogens with zero attached hydrogens (tertiary/aromatic N) is 2. The lowest BCUT2D eigenvalue weighted by Crippen LogP contribution is -2.30. The molecular weight excluding hydrogens is 262 g/mol. The van der Waals surface area contributed by atoms with Gasteiger partial charge >= 0.3 is 0 Å². The van der Waals surface area contributed by atoms with E-state index in [1.54, 1.807) is 13.2 Å². The highest BCUT2D eigenvalue weighted by Gasteiger charge is 2.17. The highest BCUT2D eigenvalue weighted by Crippen LogP contribution is 2.24. The van der Waals surface area contributed by atoms with Crippen molar-refractivity contribution in [1.82, 2.24) is 4.98 Å². The largest absolute Gasteiger partial charge is 0.424 e. The van der Waals surface area contributed by atoms with Gasteiger partial charge in [0, 0.05) is 19.2 Å². The van der Waals surface area contributed by atoms with Gasteiger partial charge in [-0.25, -0.2) is 0 Å². The molecule has 0 saturated heterocycles. The molecule has 1 N–H and O–H groups in total. The van der Waals surface area contributed by atoms with E-state index in [0.717, 1.165) is 0 Å². The van der Waals surface area contributed by atoms with Crippen LogP contribution in [-0.2, 0) is 4.74 Å². The van der Waals surface area contributed by atoms with Crippen LogP contribution in [0.25, 0.3) is 11.1 Å². The predicted octanol–water partition coefficient (Wildman–Crippen LogP) is 2.82. The van der Waals surface area contributed by atoms with E-state index >= 15 is 0 Å². The van der Waals surface area contributed by atoms with Crippen molar-refractivity contribution in [3.63, 3.8) is 0 Å². The van der Waals surface area contributed by atoms with Gasteiger partial charge in [-0.3, -0.25) is 10.1 Å². The molecule has 0 amide bonds. The Morgan fingerprint density at radius 2 is 2.25 bits per heavy atom. The van der Waals surface area contributed by atoms with Crippen molar-refractivity contribution in [2.24, 2.45) is 5.92 Å². The minimum Gasteiger partial charge on any atom is -0.424 e. The normalized spacial score (nSPS) is 12.8. The minimum absolute atomic E-state index is 0.00495. The zero-order chi connectivity index (χ0) is 14.7. The Hall–Kier alpha value is -2.15. The molecule has 1 atom stereocenters. The number of anilines is 1. The second kappa shape index (κ2) is 5.87. The summed E-state index contributed by atoms with van der Waals surface area (Å²) < 4.78 is 10.7. The van der Waals surface area contributed by atoms with E-state index in [1.807, 2.05) is 0 Å². The number of non-ortho nitro benzene ring substituents is 1. The first-order valence-electron chi connectivity index (χ1n) is 6.31. The molecule has 20 heavy (non-hydrogen) atoms. The summed E-state index contributed by atoms with van der Waals surface area (Å²) >= 11 is 0. The third kappa shape index (κ3) is 3.05. The van der Waals surface area contributed by atoms with Crippen LogP contribution in [0.1, 0.15) is 13.8 Å². The smallest absolute Gasteiger partial charge is 0.295 e. The van der Waals surface area contributed by atoms with Crippen molar-refractivity contribution in [2.75, 3.05) is 19.0 Å². The van der Waals surface area contributed by atoms with Gasteiger partial charge in [0.2, 0.25) is 0 Å². The second-order valence-electron chi connectivity index (χ2n) is 4.88. The summed E-state index contributed by atoms with van der Waals surface area (Å²) in [6.07, 6.45) is 0. The van der Waals surface area contributed by atoms with Crippen LogP contribution in [0.15, 0.2) is 22.6 Å². The lowest BCUT2D eigenvalue weighted by Gasteiger charge is -2.20. The summed E-state index contributed by atoms with van der Waals surface area (Å²) in [5.74, 6) is 0.333. The fourth-order valence-corrected chi connectivity index (χ4v) is 1.83. The molecule has 0 aliphatic heterocycles. The summed E-state index contributed by atoms with van der Waals surface area (Å²) in [4.78, 5) is 14.5. The molecule has 7 heteroatoms. The van der Waals surface area contributed by atoms with Crippen LogP contribution in [0.3, 0.4) is 0 Å². The summed E-state index contributed by atoms with van der Waals surface area (Å²) in [6, 6.07) is 4.74. The Labute approximate surface area is 116 Å². The first kappa shape index (κ1) is 14.3. The van der Waals surface area contributed by atoms with Crippen LogP contribution in [0, 0.1) is 16.0 Å². The molecule has 0 bridgehead atoms. The number of nitro groups is 1. The molecule has 1 heterocycles. The third-order valence-electron chi connectivity index (χ3n) is 3.04. The molecule has 0 aliphatic rings. The number of hydrogen-bond acceptors (Lipinski definition) is 6. The van der Waals surface area contributed by atoms with E-state index in [1.165, 1.54) is 12.1 Å². The van der Waals surface area contributed by atoms with E-state index in [4.69, 9.17) is 9.15 Å². The summed E-state index contributed by atoms with van der Waals surface area (Å²) in [5, 5.41) is 13.9. The number of aromatic nitrogens is 1. The SMILES string of the molecule is COCC(Nc1nc2cc([N+](=O)[O-])ccc2o1)C(C)C. The average molecular weight is 279 g/mol. The quantitative estimate of drug-likeness (QED) is 0.646. The lowest BCUT2D eigenvalue weighted by atomic mass is 10.1. The number of rotatable bonds is 6. The fourth-order valence-electron chi connectivity index (χ4n) is 1.83. The predicted molar refractivity (Wildman–Crippen MR) is 74.8 cm³/mol. The summed E-state index contributed by atoms with van der Waals surface area (Å²) in [6.45, 7) is 4.64. The molecule has 0 saturated carbocycles. The van der Waals surface area contributed by atoms with Gasteiger partial charge in [0.05, 0.1) is 17.6 Å². The standard InChI is InChI=1S/C13H17N3O4/c1-8(2)11(7-19-3)15-13-14-10-6-9(16(17)18)4-5-12(10)20-13/h4-6,8,11H,7H2,1-3H3,(H,14,15). The third-order valence-corrected chi connectivity index (χ3v) is 3.04. The zero-order valence-electron chi connectivity index (χ0n) is 11.6. The van der Waals surface area contributed by atoms with E-state index < -0.39 is 4.92 Å². The first-order valence-corrected chi connectivity index (χ1v) is 6.31. The lowest BCUT2D eigenvalue weighted by molar-refractivity contribution is -0.384. The van der Waals surface area contributed by atoms with Crippen LogP contribution in [0.5, 0.6) is 0 Å². The number of fused-ring (bicyclic) bond motifs is 1. The van der Waals surface area contributed by atoms with Gasteiger partial charge in [0.15, 0.2) is 5.58 Å². The maximum Gasteiger partial charge on any atom is 0.295 e. The Bertz CT molecular complexity index is 609. The number of nitrogens with one attached hydrogen (secondary N) is 1. The average Bonchev–Trinajstić information content (AvgIpc) is 2.79. The second-order valence-corrected chi connectivity index (χ2v) is 4.88. The number of oxazole rings is 1. The van der Waals surface area contributed by atoms with Crippen molar-refractivity contribution in [2.45, 2.75) is 19.9 Å². The van der Waals surface area contributed by atoms with Crippen LogP contribution >= 0.6 is 0 Å². The summed E-state index contributed by atoms with van der Waals surface area (Å²) in [7, 11) is 1.63. The van der Waals surface area contributed by atoms with Crippen molar-refractivity contribution in [3.05, 3.63) is 28.3 Å². The highest BCUT2D eigenvalue weighted by atomic mass is 16.6. The van der Waals surface area contributed by atoms with Gasteiger partial charge in [-0.2, -0.15) is 4.98 Å². The Kier molecular flexibility index (Phi) is 4.19. The molecular formula is C13H17N3O4. The Morgan fingerprint density at radius 1 is 1.50 bits per heavy atom. The molecule has 1 aromatic heterocycles. The summed E-state index contributed by atoms with van der Waals surface area (Å²) in [5.41, 5.74) is 0.967. The van der Waals surface area contributed by atoms with Gasteiger partial charge in [-0.15, -0.1) is 0 Å². The zero-order valence-corrected chi connectivity index (χ0v) is 11.6. The Morgan fingerprint density at radius 3 is 2.85 bits per heavy atom. The number of methoxy groups -OCH3 is 1. The molecule has 2 aromatic rings. The molecule has 7 nitrogen and oxygen atoms in total. The molecule has 1 aromatic carbocycles. The van der Waals surface area contributed by atoms with Crippen LogP contribution in [0.2, 0.25) is 0 Å².